The summed E-state index contributed by atoms with van der Waals surface area (Å²) in [5, 5.41) is 4.42. The molecule has 2 rings (SSSR count). The van der Waals surface area contributed by atoms with E-state index in [9.17, 15) is 9.18 Å². The quantitative estimate of drug-likeness (QED) is 0.852. The summed E-state index contributed by atoms with van der Waals surface area (Å²) in [5.41, 5.74) is 1.89. The number of aromatic nitrogens is 3. The van der Waals surface area contributed by atoms with Crippen molar-refractivity contribution in [3.63, 3.8) is 0 Å². The molecule has 0 saturated carbocycles. The first-order valence-corrected chi connectivity index (χ1v) is 7.13. The van der Waals surface area contributed by atoms with Crippen LogP contribution in [0.2, 0.25) is 0 Å². The number of aryl methyl sites for hydroxylation is 1. The summed E-state index contributed by atoms with van der Waals surface area (Å²) in [7, 11) is 0. The van der Waals surface area contributed by atoms with Crippen LogP contribution in [-0.4, -0.2) is 20.7 Å². The van der Waals surface area contributed by atoms with Crippen molar-refractivity contribution in [3.05, 3.63) is 48.9 Å². The first-order valence-electron chi connectivity index (χ1n) is 7.13. The Morgan fingerprint density at radius 3 is 2.77 bits per heavy atom. The van der Waals surface area contributed by atoms with Crippen LogP contribution in [0.4, 0.5) is 10.1 Å². The minimum absolute atomic E-state index is 0.0679. The molecule has 0 aliphatic rings. The number of anilines is 1. The van der Waals surface area contributed by atoms with E-state index in [2.05, 4.69) is 16.7 Å². The smallest absolute Gasteiger partial charge is 0.233 e. The highest BCUT2D eigenvalue weighted by Crippen LogP contribution is 2.24. The van der Waals surface area contributed by atoms with Gasteiger partial charge in [-0.1, -0.05) is 27.4 Å². The normalized spacial score (nSPS) is 10.8. The molecule has 0 N–H and O–H groups in total. The zero-order chi connectivity index (χ0) is 16.3. The van der Waals surface area contributed by atoms with Gasteiger partial charge in [-0.25, -0.2) is 9.07 Å². The average Bonchev–Trinajstić information content (AvgIpc) is 2.92. The van der Waals surface area contributed by atoms with Gasteiger partial charge in [0.1, 0.15) is 5.82 Å². The van der Waals surface area contributed by atoms with Crippen molar-refractivity contribution in [2.75, 3.05) is 4.90 Å². The standard InChI is InChI=1S/C16H19FN4O/c1-5-14-15(20(6-2)16(22)11(3)4)10-21(19-14)13-7-12(17)8-18-9-13/h6-11H,2,5H2,1,3-4H3. The molecule has 0 aliphatic carbocycles. The minimum Gasteiger partial charge on any atom is -0.285 e. The highest BCUT2D eigenvalue weighted by atomic mass is 19.1. The molecule has 0 aromatic carbocycles. The molecule has 22 heavy (non-hydrogen) atoms. The molecule has 2 aromatic heterocycles. The first-order chi connectivity index (χ1) is 10.5. The maximum absolute atomic E-state index is 13.3. The number of pyridine rings is 1. The van der Waals surface area contributed by atoms with E-state index in [0.717, 1.165) is 11.9 Å². The van der Waals surface area contributed by atoms with Crippen LogP contribution in [0.15, 0.2) is 37.4 Å². The molecule has 0 spiro atoms. The van der Waals surface area contributed by atoms with Gasteiger partial charge in [-0.3, -0.25) is 14.7 Å². The maximum atomic E-state index is 13.3. The lowest BCUT2D eigenvalue weighted by atomic mass is 10.1. The van der Waals surface area contributed by atoms with Crippen LogP contribution in [0.5, 0.6) is 0 Å². The van der Waals surface area contributed by atoms with Crippen molar-refractivity contribution >= 4 is 11.6 Å². The highest BCUT2D eigenvalue weighted by Gasteiger charge is 2.21. The van der Waals surface area contributed by atoms with Gasteiger partial charge in [0.15, 0.2) is 0 Å². The second-order valence-corrected chi connectivity index (χ2v) is 5.17. The zero-order valence-electron chi connectivity index (χ0n) is 13.0. The molecular formula is C16H19FN4O. The molecule has 116 valence electrons. The van der Waals surface area contributed by atoms with Crippen molar-refractivity contribution in [1.82, 2.24) is 14.8 Å². The third kappa shape index (κ3) is 3.05. The van der Waals surface area contributed by atoms with Crippen LogP contribution in [0.1, 0.15) is 26.5 Å². The molecule has 0 fully saturated rings. The van der Waals surface area contributed by atoms with Gasteiger partial charge in [0.25, 0.3) is 0 Å². The Hall–Kier alpha value is -2.50. The van der Waals surface area contributed by atoms with Gasteiger partial charge in [0.05, 0.1) is 35.7 Å². The number of rotatable bonds is 5. The number of nitrogens with zero attached hydrogens (tertiary/aromatic N) is 4. The van der Waals surface area contributed by atoms with Gasteiger partial charge < -0.3 is 0 Å². The zero-order valence-corrected chi connectivity index (χ0v) is 13.0. The summed E-state index contributed by atoms with van der Waals surface area (Å²) in [6, 6.07) is 1.34. The second-order valence-electron chi connectivity index (χ2n) is 5.17. The molecule has 0 saturated heterocycles. The Kier molecular flexibility index (Phi) is 4.70. The fourth-order valence-electron chi connectivity index (χ4n) is 2.10. The van der Waals surface area contributed by atoms with Crippen molar-refractivity contribution < 1.29 is 9.18 Å². The largest absolute Gasteiger partial charge is 0.285 e. The van der Waals surface area contributed by atoms with Crippen LogP contribution in [0, 0.1) is 11.7 Å². The second kappa shape index (κ2) is 6.51. The van der Waals surface area contributed by atoms with Gasteiger partial charge in [0.2, 0.25) is 5.91 Å². The molecule has 6 heteroatoms. The monoisotopic (exact) mass is 302 g/mol. The van der Waals surface area contributed by atoms with Crippen LogP contribution < -0.4 is 4.90 Å². The number of halogens is 1. The van der Waals surface area contributed by atoms with E-state index in [0.29, 0.717) is 17.8 Å². The van der Waals surface area contributed by atoms with Crippen LogP contribution in [-0.2, 0) is 11.2 Å². The van der Waals surface area contributed by atoms with E-state index in [1.165, 1.54) is 28.0 Å². The number of amides is 1. The Morgan fingerprint density at radius 2 is 2.23 bits per heavy atom. The summed E-state index contributed by atoms with van der Waals surface area (Å²) < 4.78 is 14.8. The topological polar surface area (TPSA) is 51.0 Å². The fourth-order valence-corrected chi connectivity index (χ4v) is 2.10. The number of carbonyl (C=O) groups excluding carboxylic acids is 1. The summed E-state index contributed by atoms with van der Waals surface area (Å²) >= 11 is 0. The number of hydrogen-bond donors (Lipinski definition) is 0. The first kappa shape index (κ1) is 15.9. The maximum Gasteiger partial charge on any atom is 0.233 e. The lowest BCUT2D eigenvalue weighted by Gasteiger charge is -2.19. The Bertz CT molecular complexity index is 693. The lowest BCUT2D eigenvalue weighted by molar-refractivity contribution is -0.120. The lowest BCUT2D eigenvalue weighted by Crippen LogP contribution is -2.29. The van der Waals surface area contributed by atoms with E-state index in [-0.39, 0.29) is 11.8 Å². The molecule has 5 nitrogen and oxygen atoms in total. The summed E-state index contributed by atoms with van der Waals surface area (Å²) in [6.45, 7) is 9.30. The van der Waals surface area contributed by atoms with Gasteiger partial charge in [-0.15, -0.1) is 0 Å². The van der Waals surface area contributed by atoms with E-state index >= 15 is 0 Å². The van der Waals surface area contributed by atoms with Crippen LogP contribution in [0.25, 0.3) is 5.69 Å². The van der Waals surface area contributed by atoms with E-state index in [4.69, 9.17) is 0 Å². The van der Waals surface area contributed by atoms with E-state index in [1.807, 2.05) is 20.8 Å². The summed E-state index contributed by atoms with van der Waals surface area (Å²) in [6.07, 6.45) is 6.46. The Balaban J connectivity index is 2.48. The van der Waals surface area contributed by atoms with Crippen molar-refractivity contribution in [2.24, 2.45) is 5.92 Å². The van der Waals surface area contributed by atoms with E-state index in [1.54, 1.807) is 6.20 Å². The third-order valence-electron chi connectivity index (χ3n) is 3.23. The predicted molar refractivity (Wildman–Crippen MR) is 83.2 cm³/mol. The molecule has 0 unspecified atom stereocenters. The minimum atomic E-state index is -0.438. The van der Waals surface area contributed by atoms with Gasteiger partial charge in [-0.2, -0.15) is 5.10 Å². The molecule has 2 aromatic rings. The number of hydrogen-bond acceptors (Lipinski definition) is 3. The van der Waals surface area contributed by atoms with Gasteiger partial charge in [0, 0.05) is 18.2 Å². The van der Waals surface area contributed by atoms with Gasteiger partial charge >= 0.3 is 0 Å². The Labute approximate surface area is 129 Å². The van der Waals surface area contributed by atoms with Gasteiger partial charge in [-0.05, 0) is 6.42 Å². The summed E-state index contributed by atoms with van der Waals surface area (Å²) in [4.78, 5) is 17.6. The van der Waals surface area contributed by atoms with Crippen molar-refractivity contribution in [2.45, 2.75) is 27.2 Å². The molecule has 2 heterocycles. The molecule has 0 atom stereocenters. The van der Waals surface area contributed by atoms with Crippen LogP contribution >= 0.6 is 0 Å². The Morgan fingerprint density at radius 1 is 1.50 bits per heavy atom. The third-order valence-corrected chi connectivity index (χ3v) is 3.23. The number of carbonyl (C=O) groups is 1. The molecule has 0 aliphatic heterocycles. The highest BCUT2D eigenvalue weighted by molar-refractivity contribution is 5.96. The average molecular weight is 302 g/mol. The van der Waals surface area contributed by atoms with E-state index < -0.39 is 5.82 Å². The fraction of sp³-hybridized carbons (Fsp3) is 0.312. The predicted octanol–water partition coefficient (Wildman–Crippen LogP) is 3.10. The SMILES string of the molecule is C=CN(C(=O)C(C)C)c1cn(-c2cncc(F)c2)nc1CC. The van der Waals surface area contributed by atoms with Crippen molar-refractivity contribution in [3.8, 4) is 5.69 Å². The van der Waals surface area contributed by atoms with Crippen LogP contribution in [0.3, 0.4) is 0 Å². The summed E-state index contributed by atoms with van der Waals surface area (Å²) in [5.74, 6) is -0.671. The molecular weight excluding hydrogens is 283 g/mol. The molecule has 0 bridgehead atoms. The van der Waals surface area contributed by atoms with Crippen molar-refractivity contribution in [1.29, 1.82) is 0 Å². The molecule has 0 radical (unpaired) electrons. The molecule has 1 amide bonds.